The van der Waals surface area contributed by atoms with E-state index in [-0.39, 0.29) is 12.4 Å². The zero-order valence-electron chi connectivity index (χ0n) is 11.2. The van der Waals surface area contributed by atoms with Crippen LogP contribution in [-0.2, 0) is 11.3 Å². The summed E-state index contributed by atoms with van der Waals surface area (Å²) in [5.74, 6) is -0.201. The highest BCUT2D eigenvalue weighted by atomic mass is 16.5. The van der Waals surface area contributed by atoms with Gasteiger partial charge in [-0.25, -0.2) is 4.79 Å². The second-order valence-electron chi connectivity index (χ2n) is 4.41. The van der Waals surface area contributed by atoms with Gasteiger partial charge in [0, 0.05) is 31.3 Å². The molecule has 0 atom stereocenters. The number of carbonyl (C=O) groups is 1. The Morgan fingerprint density at radius 1 is 1.56 bits per heavy atom. The van der Waals surface area contributed by atoms with Crippen molar-refractivity contribution in [1.82, 2.24) is 4.90 Å². The van der Waals surface area contributed by atoms with E-state index in [0.29, 0.717) is 19.0 Å². The molecule has 0 saturated carbocycles. The zero-order valence-corrected chi connectivity index (χ0v) is 11.2. The Morgan fingerprint density at radius 3 is 2.83 bits per heavy atom. The third kappa shape index (κ3) is 3.85. The molecule has 0 saturated heterocycles. The molecule has 0 aliphatic heterocycles. The predicted octanol–water partition coefficient (Wildman–Crippen LogP) is 1.66. The lowest BCUT2D eigenvalue weighted by atomic mass is 10.2. The first kappa shape index (κ1) is 14.7. The smallest absolute Gasteiger partial charge is 0.374 e. The monoisotopic (exact) mass is 255 g/mol. The van der Waals surface area contributed by atoms with Crippen LogP contribution in [0.2, 0.25) is 0 Å². The number of esters is 1. The Balaban J connectivity index is 2.74. The number of furan rings is 1. The van der Waals surface area contributed by atoms with Crippen molar-refractivity contribution in [3.05, 3.63) is 23.7 Å². The number of nitrogens with zero attached hydrogens (tertiary/aromatic N) is 1. The molecule has 5 nitrogen and oxygen atoms in total. The SMILES string of the molecule is COC(=O)c1occc1CN(CCCO)C(C)C. The van der Waals surface area contributed by atoms with Crippen LogP contribution in [0.15, 0.2) is 16.7 Å². The number of carbonyl (C=O) groups excluding carboxylic acids is 1. The molecule has 0 radical (unpaired) electrons. The number of hydrogen-bond acceptors (Lipinski definition) is 5. The van der Waals surface area contributed by atoms with Crippen LogP contribution in [0.5, 0.6) is 0 Å². The first-order valence-electron chi connectivity index (χ1n) is 6.09. The molecule has 1 heterocycles. The van der Waals surface area contributed by atoms with Crippen molar-refractivity contribution in [3.63, 3.8) is 0 Å². The van der Waals surface area contributed by atoms with Gasteiger partial charge >= 0.3 is 5.97 Å². The number of ether oxygens (including phenoxy) is 1. The van der Waals surface area contributed by atoms with Gasteiger partial charge < -0.3 is 14.3 Å². The van der Waals surface area contributed by atoms with Gasteiger partial charge in [0.25, 0.3) is 0 Å². The molecular formula is C13H21NO4. The quantitative estimate of drug-likeness (QED) is 0.751. The van der Waals surface area contributed by atoms with Crippen molar-refractivity contribution in [2.45, 2.75) is 32.9 Å². The van der Waals surface area contributed by atoms with E-state index in [1.54, 1.807) is 6.07 Å². The number of aliphatic hydroxyl groups is 1. The fourth-order valence-electron chi connectivity index (χ4n) is 1.74. The zero-order chi connectivity index (χ0) is 13.5. The van der Waals surface area contributed by atoms with E-state index in [1.165, 1.54) is 13.4 Å². The van der Waals surface area contributed by atoms with Crippen molar-refractivity contribution in [1.29, 1.82) is 0 Å². The van der Waals surface area contributed by atoms with Crippen LogP contribution in [0.1, 0.15) is 36.4 Å². The predicted molar refractivity (Wildman–Crippen MR) is 67.3 cm³/mol. The van der Waals surface area contributed by atoms with Crippen molar-refractivity contribution in [3.8, 4) is 0 Å². The van der Waals surface area contributed by atoms with Crippen LogP contribution in [0.4, 0.5) is 0 Å². The average Bonchev–Trinajstić information content (AvgIpc) is 2.81. The minimum Gasteiger partial charge on any atom is -0.463 e. The van der Waals surface area contributed by atoms with Gasteiger partial charge in [0.15, 0.2) is 0 Å². The summed E-state index contributed by atoms with van der Waals surface area (Å²) in [5, 5.41) is 8.88. The maximum absolute atomic E-state index is 11.5. The summed E-state index contributed by atoms with van der Waals surface area (Å²) in [6, 6.07) is 2.11. The van der Waals surface area contributed by atoms with Crippen molar-refractivity contribution < 1.29 is 19.1 Å². The lowest BCUT2D eigenvalue weighted by molar-refractivity contribution is 0.0560. The standard InChI is InChI=1S/C13H21NO4/c1-10(2)14(6-4-7-15)9-11-5-8-18-12(11)13(16)17-3/h5,8,10,15H,4,6-7,9H2,1-3H3. The van der Waals surface area contributed by atoms with Crippen molar-refractivity contribution >= 4 is 5.97 Å². The highest BCUT2D eigenvalue weighted by molar-refractivity contribution is 5.87. The van der Waals surface area contributed by atoms with Crippen LogP contribution in [0.25, 0.3) is 0 Å². The van der Waals surface area contributed by atoms with Gasteiger partial charge in [0.05, 0.1) is 13.4 Å². The number of rotatable bonds is 7. The van der Waals surface area contributed by atoms with E-state index >= 15 is 0 Å². The molecular weight excluding hydrogens is 234 g/mol. The summed E-state index contributed by atoms with van der Waals surface area (Å²) in [6.07, 6.45) is 2.20. The average molecular weight is 255 g/mol. The number of aliphatic hydroxyl groups excluding tert-OH is 1. The van der Waals surface area contributed by atoms with Crippen LogP contribution in [0.3, 0.4) is 0 Å². The van der Waals surface area contributed by atoms with Gasteiger partial charge in [-0.05, 0) is 26.3 Å². The molecule has 0 aliphatic carbocycles. The maximum atomic E-state index is 11.5. The summed E-state index contributed by atoms with van der Waals surface area (Å²) in [5.41, 5.74) is 0.813. The first-order valence-corrected chi connectivity index (χ1v) is 6.09. The fourth-order valence-corrected chi connectivity index (χ4v) is 1.74. The molecule has 0 aromatic carbocycles. The minimum absolute atomic E-state index is 0.165. The summed E-state index contributed by atoms with van der Waals surface area (Å²) < 4.78 is 9.82. The Morgan fingerprint density at radius 2 is 2.28 bits per heavy atom. The number of methoxy groups -OCH3 is 1. The summed E-state index contributed by atoms with van der Waals surface area (Å²) in [4.78, 5) is 13.7. The third-order valence-electron chi connectivity index (χ3n) is 2.82. The normalized spacial score (nSPS) is 11.2. The first-order chi connectivity index (χ1) is 8.60. The molecule has 0 unspecified atom stereocenters. The van der Waals surface area contributed by atoms with Gasteiger partial charge in [0.2, 0.25) is 5.76 Å². The fraction of sp³-hybridized carbons (Fsp3) is 0.615. The Hall–Kier alpha value is -1.33. The van der Waals surface area contributed by atoms with Crippen molar-refractivity contribution in [2.75, 3.05) is 20.3 Å². The van der Waals surface area contributed by atoms with Crippen LogP contribution >= 0.6 is 0 Å². The molecule has 0 bridgehead atoms. The van der Waals surface area contributed by atoms with E-state index in [2.05, 4.69) is 23.5 Å². The highest BCUT2D eigenvalue weighted by Gasteiger charge is 2.19. The molecule has 1 N–H and O–H groups in total. The minimum atomic E-state index is -0.458. The molecule has 18 heavy (non-hydrogen) atoms. The molecule has 0 amide bonds. The van der Waals surface area contributed by atoms with E-state index in [0.717, 1.165) is 12.1 Å². The van der Waals surface area contributed by atoms with Crippen LogP contribution < -0.4 is 0 Å². The Kier molecular flexibility index (Phi) is 5.88. The van der Waals surface area contributed by atoms with Gasteiger partial charge in [-0.3, -0.25) is 4.90 Å². The largest absolute Gasteiger partial charge is 0.463 e. The molecule has 0 fully saturated rings. The topological polar surface area (TPSA) is 62.9 Å². The van der Waals surface area contributed by atoms with Gasteiger partial charge in [-0.15, -0.1) is 0 Å². The second kappa shape index (κ2) is 7.18. The number of hydrogen-bond donors (Lipinski definition) is 1. The molecule has 1 aromatic heterocycles. The van der Waals surface area contributed by atoms with E-state index < -0.39 is 5.97 Å². The van der Waals surface area contributed by atoms with E-state index in [4.69, 9.17) is 9.52 Å². The lowest BCUT2D eigenvalue weighted by Crippen LogP contribution is -2.32. The van der Waals surface area contributed by atoms with E-state index in [9.17, 15) is 4.79 Å². The van der Waals surface area contributed by atoms with Crippen LogP contribution in [0, 0.1) is 0 Å². The molecule has 1 rings (SSSR count). The molecule has 0 aliphatic rings. The summed E-state index contributed by atoms with van der Waals surface area (Å²) in [6.45, 7) is 5.71. The summed E-state index contributed by atoms with van der Waals surface area (Å²) >= 11 is 0. The Bertz CT molecular complexity index is 373. The summed E-state index contributed by atoms with van der Waals surface area (Å²) in [7, 11) is 1.33. The second-order valence-corrected chi connectivity index (χ2v) is 4.41. The van der Waals surface area contributed by atoms with Gasteiger partial charge in [-0.1, -0.05) is 0 Å². The molecule has 1 aromatic rings. The van der Waals surface area contributed by atoms with Gasteiger partial charge in [-0.2, -0.15) is 0 Å². The Labute approximate surface area is 107 Å². The lowest BCUT2D eigenvalue weighted by Gasteiger charge is -2.25. The molecule has 5 heteroatoms. The maximum Gasteiger partial charge on any atom is 0.374 e. The van der Waals surface area contributed by atoms with Crippen LogP contribution in [-0.4, -0.2) is 42.3 Å². The van der Waals surface area contributed by atoms with Crippen molar-refractivity contribution in [2.24, 2.45) is 0 Å². The third-order valence-corrected chi connectivity index (χ3v) is 2.82. The highest BCUT2D eigenvalue weighted by Crippen LogP contribution is 2.16. The van der Waals surface area contributed by atoms with Gasteiger partial charge in [0.1, 0.15) is 0 Å². The van der Waals surface area contributed by atoms with E-state index in [1.807, 2.05) is 0 Å². The molecule has 102 valence electrons. The molecule has 0 spiro atoms.